The molecule has 2 heteroatoms. The second kappa shape index (κ2) is 7.47. The van der Waals surface area contributed by atoms with Gasteiger partial charge in [-0.25, -0.2) is 0 Å². The van der Waals surface area contributed by atoms with Gasteiger partial charge in [0.05, 0.1) is 6.61 Å². The van der Waals surface area contributed by atoms with Crippen molar-refractivity contribution in [1.82, 2.24) is 0 Å². The van der Waals surface area contributed by atoms with Gasteiger partial charge in [-0.05, 0) is 51.7 Å². The van der Waals surface area contributed by atoms with Crippen LogP contribution in [0.4, 0.5) is 0 Å². The molecule has 0 atom stereocenters. The van der Waals surface area contributed by atoms with Gasteiger partial charge in [0.25, 0.3) is 0 Å². The quantitative estimate of drug-likeness (QED) is 0.573. The summed E-state index contributed by atoms with van der Waals surface area (Å²) in [5.74, 6) is 0. The van der Waals surface area contributed by atoms with Crippen LogP contribution in [0.1, 0.15) is 58.2 Å². The van der Waals surface area contributed by atoms with E-state index in [1.54, 1.807) is 0 Å². The zero-order valence-electron chi connectivity index (χ0n) is 17.2. The van der Waals surface area contributed by atoms with Crippen LogP contribution in [0.25, 0.3) is 11.1 Å². The van der Waals surface area contributed by atoms with Gasteiger partial charge in [0.15, 0.2) is 9.04 Å². The van der Waals surface area contributed by atoms with E-state index in [9.17, 15) is 0 Å². The average Bonchev–Trinajstić information content (AvgIpc) is 2.51. The van der Waals surface area contributed by atoms with E-state index in [-0.39, 0.29) is 10.8 Å². The van der Waals surface area contributed by atoms with Crippen LogP contribution in [0.2, 0.25) is 13.1 Å². The van der Waals surface area contributed by atoms with Gasteiger partial charge in [0.1, 0.15) is 0 Å². The first-order valence-electron chi connectivity index (χ1n) is 9.35. The summed E-state index contributed by atoms with van der Waals surface area (Å²) in [5, 5.41) is 0. The van der Waals surface area contributed by atoms with Crippen LogP contribution in [0, 0.1) is 0 Å². The van der Waals surface area contributed by atoms with Gasteiger partial charge in [-0.3, -0.25) is 0 Å². The molecule has 2 rings (SSSR count). The van der Waals surface area contributed by atoms with Crippen molar-refractivity contribution in [2.24, 2.45) is 0 Å². The molecule has 25 heavy (non-hydrogen) atoms. The summed E-state index contributed by atoms with van der Waals surface area (Å²) in [7, 11) is -1.08. The average molecular weight is 355 g/mol. The molecule has 0 saturated carbocycles. The molecule has 136 valence electrons. The Labute approximate surface area is 156 Å². The lowest BCUT2D eigenvalue weighted by atomic mass is 9.76. The first kappa shape index (κ1) is 19.9. The van der Waals surface area contributed by atoms with E-state index in [1.807, 2.05) is 0 Å². The summed E-state index contributed by atoms with van der Waals surface area (Å²) >= 11 is 0. The predicted octanol–water partition coefficient (Wildman–Crippen LogP) is 6.45. The van der Waals surface area contributed by atoms with Gasteiger partial charge in [-0.1, -0.05) is 84.0 Å². The largest absolute Gasteiger partial charge is 0.416 e. The van der Waals surface area contributed by atoms with E-state index in [2.05, 4.69) is 97.1 Å². The molecule has 0 aliphatic heterocycles. The fourth-order valence-electron chi connectivity index (χ4n) is 3.05. The summed E-state index contributed by atoms with van der Waals surface area (Å²) < 4.78 is 6.19. The first-order chi connectivity index (χ1) is 11.5. The third-order valence-corrected chi connectivity index (χ3v) is 5.40. The van der Waals surface area contributed by atoms with Crippen molar-refractivity contribution in [2.75, 3.05) is 0 Å². The Morgan fingerprint density at radius 3 is 1.92 bits per heavy atom. The fraction of sp³-hybridized carbons (Fsp3) is 0.478. The minimum absolute atomic E-state index is 0.0853. The van der Waals surface area contributed by atoms with Crippen molar-refractivity contribution >= 4 is 9.04 Å². The molecular formula is C23H34OSi. The molecule has 1 nitrogen and oxygen atoms in total. The van der Waals surface area contributed by atoms with E-state index in [0.717, 1.165) is 0 Å². The van der Waals surface area contributed by atoms with Gasteiger partial charge < -0.3 is 4.43 Å². The number of rotatable bonds is 4. The molecule has 0 radical (unpaired) electrons. The highest BCUT2D eigenvalue weighted by Crippen LogP contribution is 2.38. The van der Waals surface area contributed by atoms with E-state index in [0.29, 0.717) is 6.61 Å². The van der Waals surface area contributed by atoms with Gasteiger partial charge in [-0.2, -0.15) is 0 Å². The molecule has 2 aromatic carbocycles. The van der Waals surface area contributed by atoms with Crippen LogP contribution in [0.15, 0.2) is 42.5 Å². The molecule has 0 aromatic heterocycles. The highest BCUT2D eigenvalue weighted by molar-refractivity contribution is 6.48. The molecule has 0 bridgehead atoms. The minimum atomic E-state index is -1.08. The third-order valence-electron chi connectivity index (χ3n) is 4.57. The summed E-state index contributed by atoms with van der Waals surface area (Å²) in [4.78, 5) is 0. The lowest BCUT2D eigenvalue weighted by Gasteiger charge is -2.30. The molecular weight excluding hydrogens is 320 g/mol. The van der Waals surface area contributed by atoms with Crippen LogP contribution in [-0.2, 0) is 21.9 Å². The molecule has 0 aliphatic rings. The number of hydrogen-bond acceptors (Lipinski definition) is 1. The summed E-state index contributed by atoms with van der Waals surface area (Å²) in [5.41, 5.74) is 6.97. The lowest BCUT2D eigenvalue weighted by Crippen LogP contribution is -2.20. The molecule has 0 fully saturated rings. The zero-order chi connectivity index (χ0) is 18.8. The second-order valence-corrected chi connectivity index (χ2v) is 11.7. The molecule has 2 aromatic rings. The third kappa shape index (κ3) is 5.05. The molecule has 0 spiro atoms. The molecule has 0 unspecified atom stereocenters. The van der Waals surface area contributed by atoms with Crippen molar-refractivity contribution in [2.45, 2.75) is 72.1 Å². The molecule has 0 aliphatic carbocycles. The molecule has 0 N–H and O–H groups in total. The van der Waals surface area contributed by atoms with Crippen LogP contribution in [0.3, 0.4) is 0 Å². The van der Waals surface area contributed by atoms with Crippen molar-refractivity contribution in [3.63, 3.8) is 0 Å². The topological polar surface area (TPSA) is 9.23 Å². The Bertz CT molecular complexity index is 703. The van der Waals surface area contributed by atoms with E-state index in [4.69, 9.17) is 4.43 Å². The first-order valence-corrected chi connectivity index (χ1v) is 12.1. The Morgan fingerprint density at radius 1 is 0.840 bits per heavy atom. The normalized spacial score (nSPS) is 12.7. The van der Waals surface area contributed by atoms with Crippen LogP contribution < -0.4 is 0 Å². The Kier molecular flexibility index (Phi) is 5.96. The van der Waals surface area contributed by atoms with Crippen LogP contribution in [0.5, 0.6) is 0 Å². The molecule has 0 saturated heterocycles. The predicted molar refractivity (Wildman–Crippen MR) is 113 cm³/mol. The minimum Gasteiger partial charge on any atom is -0.416 e. The second-order valence-electron chi connectivity index (χ2n) is 9.28. The highest BCUT2D eigenvalue weighted by Gasteiger charge is 2.25. The molecule has 0 amide bonds. The van der Waals surface area contributed by atoms with Crippen LogP contribution in [-0.4, -0.2) is 9.04 Å². The number of benzene rings is 2. The monoisotopic (exact) mass is 354 g/mol. The van der Waals surface area contributed by atoms with Gasteiger partial charge in [0, 0.05) is 0 Å². The Balaban J connectivity index is 2.76. The van der Waals surface area contributed by atoms with E-state index in [1.165, 1.54) is 27.8 Å². The van der Waals surface area contributed by atoms with E-state index >= 15 is 0 Å². The van der Waals surface area contributed by atoms with Gasteiger partial charge >= 0.3 is 0 Å². The lowest BCUT2D eigenvalue weighted by molar-refractivity contribution is 0.311. The maximum atomic E-state index is 6.19. The summed E-state index contributed by atoms with van der Waals surface area (Å²) in [6.07, 6.45) is 0. The van der Waals surface area contributed by atoms with E-state index < -0.39 is 9.04 Å². The zero-order valence-corrected chi connectivity index (χ0v) is 18.4. The summed E-state index contributed by atoms with van der Waals surface area (Å²) in [6, 6.07) is 15.5. The van der Waals surface area contributed by atoms with Crippen molar-refractivity contribution in [3.05, 3.63) is 59.2 Å². The fourth-order valence-corrected chi connectivity index (χ4v) is 3.55. The smallest absolute Gasteiger partial charge is 0.171 e. The van der Waals surface area contributed by atoms with Crippen LogP contribution >= 0.6 is 0 Å². The maximum Gasteiger partial charge on any atom is 0.171 e. The highest BCUT2D eigenvalue weighted by atomic mass is 28.3. The van der Waals surface area contributed by atoms with Crippen molar-refractivity contribution in [3.8, 4) is 11.1 Å². The standard InChI is InChI=1S/C23H34OSi/c1-22(2,3)18-14-19(17-12-10-9-11-13-17)20(16-24-25(7)8)21(15-18)23(4,5)6/h9-15,25H,16H2,1-8H3. The van der Waals surface area contributed by atoms with Crippen molar-refractivity contribution in [1.29, 1.82) is 0 Å². The Morgan fingerprint density at radius 2 is 1.44 bits per heavy atom. The van der Waals surface area contributed by atoms with Gasteiger partial charge in [0.2, 0.25) is 0 Å². The summed E-state index contributed by atoms with van der Waals surface area (Å²) in [6.45, 7) is 19.0. The Hall–Kier alpha value is -1.38. The number of hydrogen-bond donors (Lipinski definition) is 0. The molecule has 0 heterocycles. The van der Waals surface area contributed by atoms with Gasteiger partial charge in [-0.15, -0.1) is 0 Å². The van der Waals surface area contributed by atoms with Crippen molar-refractivity contribution < 1.29 is 4.43 Å². The SMILES string of the molecule is C[SiH](C)OCc1c(-c2ccccc2)cc(C(C)(C)C)cc1C(C)(C)C. The maximum absolute atomic E-state index is 6.19.